The second-order valence-corrected chi connectivity index (χ2v) is 7.07. The summed E-state index contributed by atoms with van der Waals surface area (Å²) < 4.78 is 20.6. The Kier molecular flexibility index (Phi) is 5.76. The van der Waals surface area contributed by atoms with Gasteiger partial charge in [-0.1, -0.05) is 18.7 Å². The molecule has 3 N–H and O–H groups in total. The number of carbonyl (C=O) groups is 2. The molecule has 162 valence electrons. The number of hydrogen-bond donors (Lipinski definition) is 3. The topological polar surface area (TPSA) is 84.4 Å². The third-order valence-electron chi connectivity index (χ3n) is 4.98. The molecule has 1 aromatic heterocycles. The molecule has 0 atom stereocenters. The first-order chi connectivity index (χ1) is 15.5. The lowest BCUT2D eigenvalue weighted by atomic mass is 10.1. The number of halogens is 1. The van der Waals surface area contributed by atoms with Crippen molar-refractivity contribution in [3.8, 4) is 11.4 Å². The highest BCUT2D eigenvalue weighted by Gasteiger charge is 2.18. The molecule has 7 nitrogen and oxygen atoms in total. The highest BCUT2D eigenvalue weighted by molar-refractivity contribution is 6.07. The first-order valence-corrected chi connectivity index (χ1v) is 9.82. The predicted octanol–water partition coefficient (Wildman–Crippen LogP) is 3.95. The number of nitrogens with zero attached hydrogens (tertiary/aromatic N) is 1. The van der Waals surface area contributed by atoms with E-state index in [9.17, 15) is 14.0 Å². The van der Waals surface area contributed by atoms with Crippen molar-refractivity contribution in [2.45, 2.75) is 0 Å². The van der Waals surface area contributed by atoms with Crippen LogP contribution in [0.1, 0.15) is 15.9 Å². The smallest absolute Gasteiger partial charge is 0.257 e. The summed E-state index contributed by atoms with van der Waals surface area (Å²) in [6, 6.07) is 11.4. The number of anilines is 2. The molecule has 8 heteroatoms. The van der Waals surface area contributed by atoms with Gasteiger partial charge in [0, 0.05) is 35.4 Å². The Labute approximate surface area is 184 Å². The van der Waals surface area contributed by atoms with E-state index >= 15 is 0 Å². The molecule has 4 rings (SSSR count). The van der Waals surface area contributed by atoms with Gasteiger partial charge in [-0.25, -0.2) is 4.39 Å². The summed E-state index contributed by atoms with van der Waals surface area (Å²) in [5, 5.41) is 8.79. The van der Waals surface area contributed by atoms with E-state index in [1.807, 2.05) is 23.0 Å². The Morgan fingerprint density at radius 2 is 2.00 bits per heavy atom. The number of para-hydroxylation sites is 1. The Balaban J connectivity index is 1.55. The molecule has 2 heterocycles. The van der Waals surface area contributed by atoms with Gasteiger partial charge in [-0.2, -0.15) is 0 Å². The lowest BCUT2D eigenvalue weighted by molar-refractivity contribution is -0.111. The number of aromatic nitrogens is 1. The van der Waals surface area contributed by atoms with Crippen LogP contribution in [0.5, 0.6) is 5.75 Å². The van der Waals surface area contributed by atoms with Gasteiger partial charge in [-0.3, -0.25) is 9.59 Å². The van der Waals surface area contributed by atoms with Gasteiger partial charge in [-0.05, 0) is 36.4 Å². The van der Waals surface area contributed by atoms with Crippen molar-refractivity contribution in [3.05, 3.63) is 90.2 Å². The van der Waals surface area contributed by atoms with Crippen LogP contribution in [0.2, 0.25) is 0 Å². The number of hydrogen-bond acceptors (Lipinski definition) is 4. The van der Waals surface area contributed by atoms with Crippen molar-refractivity contribution < 1.29 is 18.7 Å². The standard InChI is InChI=1S/C24H21FN4O3/c1-3-23(30)28-20-7-5-4-6-18(20)24(31)27-16-10-15-13-29(14-21(15)26-12-16)17-8-9-19(25)22(11-17)32-2/h3-11,13-14,26H,1,12H2,2H3,(H,27,31)(H,28,30). The molecule has 0 unspecified atom stereocenters. The SMILES string of the molecule is C=CC(=O)Nc1ccccc1C(=O)NC1=Cc2cn(-c3ccc(F)c(OC)c3)cc2NC1. The quantitative estimate of drug-likeness (QED) is 0.515. The number of carbonyl (C=O) groups excluding carboxylic acids is 2. The molecule has 2 aromatic carbocycles. The van der Waals surface area contributed by atoms with E-state index in [0.29, 0.717) is 23.5 Å². The highest BCUT2D eigenvalue weighted by Crippen LogP contribution is 2.28. The van der Waals surface area contributed by atoms with Crippen LogP contribution in [0.3, 0.4) is 0 Å². The van der Waals surface area contributed by atoms with Crippen LogP contribution in [-0.2, 0) is 4.79 Å². The average molecular weight is 432 g/mol. The van der Waals surface area contributed by atoms with Crippen LogP contribution in [0, 0.1) is 5.82 Å². The van der Waals surface area contributed by atoms with Crippen LogP contribution in [-0.4, -0.2) is 30.0 Å². The number of methoxy groups -OCH3 is 1. The summed E-state index contributed by atoms with van der Waals surface area (Å²) in [5.74, 6) is -1.01. The van der Waals surface area contributed by atoms with Crippen LogP contribution in [0.4, 0.5) is 15.8 Å². The van der Waals surface area contributed by atoms with E-state index < -0.39 is 11.7 Å². The fourth-order valence-corrected chi connectivity index (χ4v) is 3.39. The van der Waals surface area contributed by atoms with Crippen LogP contribution in [0.15, 0.2) is 73.2 Å². The number of nitrogens with one attached hydrogen (secondary N) is 3. The molecule has 3 aromatic rings. The van der Waals surface area contributed by atoms with Crippen molar-refractivity contribution in [1.82, 2.24) is 9.88 Å². The summed E-state index contributed by atoms with van der Waals surface area (Å²) >= 11 is 0. The molecule has 0 spiro atoms. The Bertz CT molecular complexity index is 1250. The van der Waals surface area contributed by atoms with Crippen LogP contribution >= 0.6 is 0 Å². The van der Waals surface area contributed by atoms with E-state index in [2.05, 4.69) is 22.5 Å². The van der Waals surface area contributed by atoms with Gasteiger partial charge < -0.3 is 25.3 Å². The zero-order valence-corrected chi connectivity index (χ0v) is 17.3. The number of amides is 2. The van der Waals surface area contributed by atoms with Gasteiger partial charge in [0.1, 0.15) is 0 Å². The van der Waals surface area contributed by atoms with Crippen LogP contribution in [0.25, 0.3) is 11.8 Å². The summed E-state index contributed by atoms with van der Waals surface area (Å²) in [7, 11) is 1.42. The summed E-state index contributed by atoms with van der Waals surface area (Å²) in [6.45, 7) is 3.84. The van der Waals surface area contributed by atoms with E-state index in [0.717, 1.165) is 23.0 Å². The molecule has 32 heavy (non-hydrogen) atoms. The molecule has 1 aliphatic rings. The predicted molar refractivity (Wildman–Crippen MR) is 121 cm³/mol. The van der Waals surface area contributed by atoms with Gasteiger partial charge in [0.2, 0.25) is 5.91 Å². The fourth-order valence-electron chi connectivity index (χ4n) is 3.39. The zero-order valence-electron chi connectivity index (χ0n) is 17.3. The zero-order chi connectivity index (χ0) is 22.7. The molecule has 0 saturated heterocycles. The van der Waals surface area contributed by atoms with Gasteiger partial charge in [0.25, 0.3) is 5.91 Å². The van der Waals surface area contributed by atoms with E-state index in [1.54, 1.807) is 36.4 Å². The fraction of sp³-hybridized carbons (Fsp3) is 0.0833. The van der Waals surface area contributed by atoms with E-state index in [1.165, 1.54) is 13.2 Å². The maximum atomic E-state index is 13.7. The first kappa shape index (κ1) is 20.9. The number of benzene rings is 2. The Morgan fingerprint density at radius 3 is 2.78 bits per heavy atom. The van der Waals surface area contributed by atoms with Gasteiger partial charge in [-0.15, -0.1) is 0 Å². The van der Waals surface area contributed by atoms with E-state index in [-0.39, 0.29) is 11.7 Å². The molecule has 0 fully saturated rings. The second kappa shape index (κ2) is 8.81. The minimum atomic E-state index is -0.430. The maximum absolute atomic E-state index is 13.7. The highest BCUT2D eigenvalue weighted by atomic mass is 19.1. The summed E-state index contributed by atoms with van der Waals surface area (Å²) in [6.07, 6.45) is 6.77. The largest absolute Gasteiger partial charge is 0.494 e. The van der Waals surface area contributed by atoms with Gasteiger partial charge >= 0.3 is 0 Å². The van der Waals surface area contributed by atoms with Crippen molar-refractivity contribution >= 4 is 29.3 Å². The summed E-state index contributed by atoms with van der Waals surface area (Å²) in [5.41, 5.74) is 3.89. The monoisotopic (exact) mass is 432 g/mol. The van der Waals surface area contributed by atoms with Crippen molar-refractivity contribution in [1.29, 1.82) is 0 Å². The molecule has 0 radical (unpaired) electrons. The van der Waals surface area contributed by atoms with Gasteiger partial charge in [0.05, 0.1) is 30.6 Å². The third kappa shape index (κ3) is 4.24. The average Bonchev–Trinajstić information content (AvgIpc) is 3.23. The number of rotatable bonds is 6. The molecule has 0 bridgehead atoms. The third-order valence-corrected chi connectivity index (χ3v) is 4.98. The van der Waals surface area contributed by atoms with E-state index in [4.69, 9.17) is 4.74 Å². The molecule has 2 amide bonds. The number of fused-ring (bicyclic) bond motifs is 1. The molecular formula is C24H21FN4O3. The molecular weight excluding hydrogens is 411 g/mol. The normalized spacial score (nSPS) is 12.1. The lowest BCUT2D eigenvalue weighted by Crippen LogP contribution is -2.29. The van der Waals surface area contributed by atoms with Crippen molar-refractivity contribution in [2.24, 2.45) is 0 Å². The Hall–Kier alpha value is -4.33. The maximum Gasteiger partial charge on any atom is 0.257 e. The number of ether oxygens (including phenoxy) is 1. The Morgan fingerprint density at radius 1 is 1.19 bits per heavy atom. The van der Waals surface area contributed by atoms with Gasteiger partial charge in [0.15, 0.2) is 11.6 Å². The second-order valence-electron chi connectivity index (χ2n) is 7.07. The first-order valence-electron chi connectivity index (χ1n) is 9.82. The summed E-state index contributed by atoms with van der Waals surface area (Å²) in [4.78, 5) is 24.5. The van der Waals surface area contributed by atoms with Crippen molar-refractivity contribution in [2.75, 3.05) is 24.3 Å². The molecule has 0 aliphatic carbocycles. The minimum Gasteiger partial charge on any atom is -0.494 e. The molecule has 1 aliphatic heterocycles. The molecule has 0 saturated carbocycles. The minimum absolute atomic E-state index is 0.160. The van der Waals surface area contributed by atoms with Crippen LogP contribution < -0.4 is 20.7 Å². The van der Waals surface area contributed by atoms with Crippen molar-refractivity contribution in [3.63, 3.8) is 0 Å². The lowest BCUT2D eigenvalue weighted by Gasteiger charge is -2.17.